The predicted octanol–water partition coefficient (Wildman–Crippen LogP) is 7.07. The minimum atomic E-state index is 0.630. The first-order chi connectivity index (χ1) is 12.8. The first kappa shape index (κ1) is 15.3. The molecular formula is C23H15ClO2. The zero-order valence-corrected chi connectivity index (χ0v) is 14.9. The van der Waals surface area contributed by atoms with Gasteiger partial charge in [-0.3, -0.25) is 0 Å². The number of fused-ring (bicyclic) bond motifs is 5. The topological polar surface area (TPSA) is 22.4 Å². The van der Waals surface area contributed by atoms with Crippen molar-refractivity contribution in [2.45, 2.75) is 0 Å². The molecule has 0 aliphatic heterocycles. The highest BCUT2D eigenvalue weighted by Crippen LogP contribution is 2.44. The Hall–Kier alpha value is -2.97. The number of furan rings is 1. The van der Waals surface area contributed by atoms with E-state index in [2.05, 4.69) is 30.3 Å². The maximum absolute atomic E-state index is 6.63. The third-order valence-corrected chi connectivity index (χ3v) is 5.11. The van der Waals surface area contributed by atoms with E-state index < -0.39 is 0 Å². The van der Waals surface area contributed by atoms with Crippen molar-refractivity contribution in [3.05, 3.63) is 77.8 Å². The first-order valence-corrected chi connectivity index (χ1v) is 8.81. The van der Waals surface area contributed by atoms with Gasteiger partial charge in [-0.05, 0) is 28.6 Å². The van der Waals surface area contributed by atoms with Crippen molar-refractivity contribution in [1.29, 1.82) is 0 Å². The normalized spacial score (nSPS) is 11.5. The molecule has 0 aliphatic carbocycles. The zero-order valence-electron chi connectivity index (χ0n) is 14.1. The number of benzene rings is 4. The van der Waals surface area contributed by atoms with Crippen molar-refractivity contribution in [2.24, 2.45) is 0 Å². The Morgan fingerprint density at radius 3 is 2.42 bits per heavy atom. The van der Waals surface area contributed by atoms with Gasteiger partial charge in [0.1, 0.15) is 16.9 Å². The van der Waals surface area contributed by atoms with Gasteiger partial charge < -0.3 is 9.15 Å². The Kier molecular flexibility index (Phi) is 3.41. The second-order valence-corrected chi connectivity index (χ2v) is 6.71. The molecule has 0 N–H and O–H groups in total. The second kappa shape index (κ2) is 5.79. The fraction of sp³-hybridized carbons (Fsp3) is 0.0435. The van der Waals surface area contributed by atoms with Gasteiger partial charge in [0, 0.05) is 22.2 Å². The van der Waals surface area contributed by atoms with Crippen LogP contribution in [0.2, 0.25) is 5.02 Å². The summed E-state index contributed by atoms with van der Waals surface area (Å²) >= 11 is 6.63. The van der Waals surface area contributed by atoms with Crippen LogP contribution in [-0.4, -0.2) is 7.11 Å². The Morgan fingerprint density at radius 2 is 1.62 bits per heavy atom. The van der Waals surface area contributed by atoms with Crippen molar-refractivity contribution in [3.8, 4) is 16.9 Å². The van der Waals surface area contributed by atoms with Gasteiger partial charge in [-0.15, -0.1) is 0 Å². The molecule has 5 aromatic rings. The molecule has 0 aliphatic rings. The maximum Gasteiger partial charge on any atom is 0.143 e. The summed E-state index contributed by atoms with van der Waals surface area (Å²) in [4.78, 5) is 0. The number of ether oxygens (including phenoxy) is 1. The van der Waals surface area contributed by atoms with E-state index in [1.54, 1.807) is 7.11 Å². The Labute approximate surface area is 155 Å². The molecule has 0 bridgehead atoms. The summed E-state index contributed by atoms with van der Waals surface area (Å²) in [6, 6.07) is 24.5. The average Bonchev–Trinajstić information content (AvgIpc) is 3.08. The van der Waals surface area contributed by atoms with Crippen LogP contribution >= 0.6 is 11.6 Å². The van der Waals surface area contributed by atoms with Crippen LogP contribution in [0.5, 0.6) is 5.75 Å². The molecule has 126 valence electrons. The molecule has 0 radical (unpaired) electrons. The summed E-state index contributed by atoms with van der Waals surface area (Å²) in [5.74, 6) is 0.687. The lowest BCUT2D eigenvalue weighted by molar-refractivity contribution is 0.414. The molecule has 3 heteroatoms. The number of hydrogen-bond donors (Lipinski definition) is 0. The Balaban J connectivity index is 2.04. The van der Waals surface area contributed by atoms with E-state index in [9.17, 15) is 0 Å². The lowest BCUT2D eigenvalue weighted by Gasteiger charge is -2.08. The van der Waals surface area contributed by atoms with Crippen molar-refractivity contribution >= 4 is 44.3 Å². The smallest absolute Gasteiger partial charge is 0.143 e. The Bertz CT molecular complexity index is 1270. The van der Waals surface area contributed by atoms with Gasteiger partial charge in [-0.2, -0.15) is 0 Å². The minimum Gasteiger partial charge on any atom is -0.497 e. The van der Waals surface area contributed by atoms with Gasteiger partial charge in [0.2, 0.25) is 0 Å². The van der Waals surface area contributed by atoms with Crippen LogP contribution in [0, 0.1) is 0 Å². The summed E-state index contributed by atoms with van der Waals surface area (Å²) < 4.78 is 11.6. The molecule has 26 heavy (non-hydrogen) atoms. The molecule has 1 aromatic heterocycles. The van der Waals surface area contributed by atoms with Gasteiger partial charge in [0.15, 0.2) is 0 Å². The fourth-order valence-corrected chi connectivity index (χ4v) is 3.92. The highest BCUT2D eigenvalue weighted by Gasteiger charge is 2.19. The van der Waals surface area contributed by atoms with E-state index in [1.807, 2.05) is 42.5 Å². The van der Waals surface area contributed by atoms with Crippen molar-refractivity contribution in [1.82, 2.24) is 0 Å². The molecule has 0 spiro atoms. The lowest BCUT2D eigenvalue weighted by Crippen LogP contribution is -1.84. The van der Waals surface area contributed by atoms with Crippen LogP contribution in [-0.2, 0) is 0 Å². The van der Waals surface area contributed by atoms with E-state index in [0.29, 0.717) is 10.8 Å². The summed E-state index contributed by atoms with van der Waals surface area (Å²) in [5, 5.41) is 4.81. The van der Waals surface area contributed by atoms with Crippen molar-refractivity contribution in [3.63, 3.8) is 0 Å². The summed E-state index contributed by atoms with van der Waals surface area (Å²) in [7, 11) is 1.63. The van der Waals surface area contributed by atoms with E-state index in [1.165, 1.54) is 0 Å². The molecule has 0 saturated carbocycles. The standard InChI is InChI=1S/C23H15ClO2/c1-25-16-12-19(24)22-20(13-16)26-23-17-10-6-5-9-15(17)11-18(21(22)23)14-7-3-2-4-8-14/h2-13H,1H3. The number of hydrogen-bond acceptors (Lipinski definition) is 2. The Morgan fingerprint density at radius 1 is 0.846 bits per heavy atom. The molecule has 1 heterocycles. The quantitative estimate of drug-likeness (QED) is 0.336. The highest BCUT2D eigenvalue weighted by atomic mass is 35.5. The first-order valence-electron chi connectivity index (χ1n) is 8.43. The summed E-state index contributed by atoms with van der Waals surface area (Å²) in [5.41, 5.74) is 3.84. The minimum absolute atomic E-state index is 0.630. The molecule has 0 amide bonds. The van der Waals surface area contributed by atoms with Gasteiger partial charge in [-0.25, -0.2) is 0 Å². The van der Waals surface area contributed by atoms with Crippen molar-refractivity contribution in [2.75, 3.05) is 7.11 Å². The summed E-state index contributed by atoms with van der Waals surface area (Å²) in [6.07, 6.45) is 0. The number of halogens is 1. The van der Waals surface area contributed by atoms with Crippen LogP contribution < -0.4 is 4.74 Å². The van der Waals surface area contributed by atoms with E-state index in [4.69, 9.17) is 20.8 Å². The SMILES string of the molecule is COc1cc(Cl)c2c(c1)oc1c3ccccc3cc(-c3ccccc3)c12. The molecule has 0 atom stereocenters. The monoisotopic (exact) mass is 358 g/mol. The molecule has 4 aromatic carbocycles. The third-order valence-electron chi connectivity index (χ3n) is 4.81. The van der Waals surface area contributed by atoms with Gasteiger partial charge in [-0.1, -0.05) is 66.2 Å². The molecule has 0 unspecified atom stereocenters. The third kappa shape index (κ3) is 2.19. The van der Waals surface area contributed by atoms with E-state index in [-0.39, 0.29) is 0 Å². The second-order valence-electron chi connectivity index (χ2n) is 6.30. The van der Waals surface area contributed by atoms with Gasteiger partial charge in [0.05, 0.1) is 12.1 Å². The molecule has 2 nitrogen and oxygen atoms in total. The van der Waals surface area contributed by atoms with E-state index in [0.717, 1.165) is 43.8 Å². The molecule has 0 saturated heterocycles. The van der Waals surface area contributed by atoms with Crippen molar-refractivity contribution < 1.29 is 9.15 Å². The van der Waals surface area contributed by atoms with E-state index >= 15 is 0 Å². The zero-order chi connectivity index (χ0) is 17.7. The average molecular weight is 359 g/mol. The maximum atomic E-state index is 6.63. The van der Waals surface area contributed by atoms with Gasteiger partial charge in [0.25, 0.3) is 0 Å². The lowest BCUT2D eigenvalue weighted by atomic mass is 9.95. The summed E-state index contributed by atoms with van der Waals surface area (Å²) in [6.45, 7) is 0. The van der Waals surface area contributed by atoms with Crippen LogP contribution in [0.15, 0.2) is 77.2 Å². The largest absolute Gasteiger partial charge is 0.497 e. The molecule has 5 rings (SSSR count). The van der Waals surface area contributed by atoms with Crippen LogP contribution in [0.25, 0.3) is 43.8 Å². The fourth-order valence-electron chi connectivity index (χ4n) is 3.62. The highest BCUT2D eigenvalue weighted by molar-refractivity contribution is 6.39. The predicted molar refractivity (Wildman–Crippen MR) is 108 cm³/mol. The van der Waals surface area contributed by atoms with Gasteiger partial charge >= 0.3 is 0 Å². The van der Waals surface area contributed by atoms with Crippen LogP contribution in [0.3, 0.4) is 0 Å². The molecule has 0 fully saturated rings. The van der Waals surface area contributed by atoms with Crippen LogP contribution in [0.4, 0.5) is 0 Å². The van der Waals surface area contributed by atoms with Crippen LogP contribution in [0.1, 0.15) is 0 Å². The molecular weight excluding hydrogens is 344 g/mol. The number of rotatable bonds is 2. The number of methoxy groups -OCH3 is 1.